The van der Waals surface area contributed by atoms with Crippen LogP contribution in [0.25, 0.3) is 11.3 Å². The molecule has 1 saturated carbocycles. The summed E-state index contributed by atoms with van der Waals surface area (Å²) in [7, 11) is 0. The van der Waals surface area contributed by atoms with Crippen molar-refractivity contribution in [3.8, 4) is 11.3 Å². The molecular weight excluding hydrogens is 226 g/mol. The Morgan fingerprint density at radius 1 is 1.22 bits per heavy atom. The zero-order chi connectivity index (χ0) is 12.4. The van der Waals surface area contributed by atoms with Crippen LogP contribution in [0.5, 0.6) is 0 Å². The van der Waals surface area contributed by atoms with Crippen LogP contribution in [0.4, 0.5) is 0 Å². The number of amides is 1. The van der Waals surface area contributed by atoms with Gasteiger partial charge < -0.3 is 5.32 Å². The number of rotatable bonds is 3. The SMILES string of the molecule is O=C(NC1CC1)c1cncnc1-c1ccccc1. The van der Waals surface area contributed by atoms with Crippen LogP contribution in [0.1, 0.15) is 23.2 Å². The largest absolute Gasteiger partial charge is 0.349 e. The lowest BCUT2D eigenvalue weighted by atomic mass is 10.1. The molecule has 0 atom stereocenters. The average molecular weight is 239 g/mol. The van der Waals surface area contributed by atoms with Gasteiger partial charge in [0.25, 0.3) is 5.91 Å². The number of carbonyl (C=O) groups excluding carboxylic acids is 1. The van der Waals surface area contributed by atoms with Crippen LogP contribution >= 0.6 is 0 Å². The van der Waals surface area contributed by atoms with Crippen molar-refractivity contribution >= 4 is 5.91 Å². The molecule has 2 aromatic rings. The number of hydrogen-bond acceptors (Lipinski definition) is 3. The minimum Gasteiger partial charge on any atom is -0.349 e. The van der Waals surface area contributed by atoms with Crippen molar-refractivity contribution in [3.63, 3.8) is 0 Å². The number of carbonyl (C=O) groups is 1. The van der Waals surface area contributed by atoms with Crippen molar-refractivity contribution in [2.24, 2.45) is 0 Å². The molecule has 4 heteroatoms. The summed E-state index contributed by atoms with van der Waals surface area (Å²) in [4.78, 5) is 20.3. The maximum atomic E-state index is 12.1. The summed E-state index contributed by atoms with van der Waals surface area (Å²) in [5.74, 6) is -0.0862. The van der Waals surface area contributed by atoms with Gasteiger partial charge in [-0.25, -0.2) is 9.97 Å². The number of nitrogens with one attached hydrogen (secondary N) is 1. The minimum absolute atomic E-state index is 0.0862. The van der Waals surface area contributed by atoms with Crippen LogP contribution in [0.2, 0.25) is 0 Å². The standard InChI is InChI=1S/C14H13N3O/c18-14(17-11-6-7-11)12-8-15-9-16-13(12)10-4-2-1-3-5-10/h1-5,8-9,11H,6-7H2,(H,17,18). The van der Waals surface area contributed by atoms with E-state index in [1.54, 1.807) is 6.20 Å². The molecule has 0 unspecified atom stereocenters. The van der Waals surface area contributed by atoms with Crippen LogP contribution in [0.15, 0.2) is 42.9 Å². The van der Waals surface area contributed by atoms with Gasteiger partial charge in [-0.3, -0.25) is 4.79 Å². The minimum atomic E-state index is -0.0862. The van der Waals surface area contributed by atoms with Gasteiger partial charge in [0.15, 0.2) is 0 Å². The molecule has 3 rings (SSSR count). The van der Waals surface area contributed by atoms with Crippen LogP contribution in [-0.4, -0.2) is 21.9 Å². The Hall–Kier alpha value is -2.23. The Morgan fingerprint density at radius 3 is 2.72 bits per heavy atom. The lowest BCUT2D eigenvalue weighted by molar-refractivity contribution is 0.0951. The van der Waals surface area contributed by atoms with E-state index in [1.807, 2.05) is 30.3 Å². The highest BCUT2D eigenvalue weighted by Crippen LogP contribution is 2.23. The van der Waals surface area contributed by atoms with Gasteiger partial charge >= 0.3 is 0 Å². The Labute approximate surface area is 105 Å². The number of hydrogen-bond donors (Lipinski definition) is 1. The lowest BCUT2D eigenvalue weighted by Crippen LogP contribution is -2.26. The molecule has 18 heavy (non-hydrogen) atoms. The van der Waals surface area contributed by atoms with Crippen molar-refractivity contribution in [1.82, 2.24) is 15.3 Å². The summed E-state index contributed by atoms with van der Waals surface area (Å²) < 4.78 is 0. The third-order valence-electron chi connectivity index (χ3n) is 2.92. The predicted octanol–water partition coefficient (Wildman–Crippen LogP) is 2.04. The molecule has 0 saturated heterocycles. The van der Waals surface area contributed by atoms with E-state index in [2.05, 4.69) is 15.3 Å². The first kappa shape index (κ1) is 10.9. The third kappa shape index (κ3) is 2.22. The van der Waals surface area contributed by atoms with Crippen LogP contribution in [0.3, 0.4) is 0 Å². The number of aromatic nitrogens is 2. The van der Waals surface area contributed by atoms with Crippen molar-refractivity contribution in [2.75, 3.05) is 0 Å². The van der Waals surface area contributed by atoms with E-state index in [0.717, 1.165) is 18.4 Å². The Kier molecular flexibility index (Phi) is 2.76. The van der Waals surface area contributed by atoms with Crippen molar-refractivity contribution in [2.45, 2.75) is 18.9 Å². The normalized spacial score (nSPS) is 14.2. The monoisotopic (exact) mass is 239 g/mol. The highest BCUT2D eigenvalue weighted by Gasteiger charge is 2.25. The molecule has 1 aromatic heterocycles. The van der Waals surface area contributed by atoms with Crippen LogP contribution in [0, 0.1) is 0 Å². The quantitative estimate of drug-likeness (QED) is 0.891. The van der Waals surface area contributed by atoms with E-state index in [0.29, 0.717) is 17.3 Å². The summed E-state index contributed by atoms with van der Waals surface area (Å²) in [6, 6.07) is 10.0. The first-order valence-electron chi connectivity index (χ1n) is 6.01. The lowest BCUT2D eigenvalue weighted by Gasteiger charge is -2.08. The zero-order valence-electron chi connectivity index (χ0n) is 9.84. The summed E-state index contributed by atoms with van der Waals surface area (Å²) in [6.45, 7) is 0. The molecule has 0 spiro atoms. The Morgan fingerprint density at radius 2 is 2.00 bits per heavy atom. The van der Waals surface area contributed by atoms with Gasteiger partial charge in [0.05, 0.1) is 11.3 Å². The van der Waals surface area contributed by atoms with Crippen molar-refractivity contribution < 1.29 is 4.79 Å². The fourth-order valence-electron chi connectivity index (χ4n) is 1.81. The zero-order valence-corrected chi connectivity index (χ0v) is 9.84. The molecule has 1 aromatic carbocycles. The molecular formula is C14H13N3O. The van der Waals surface area contributed by atoms with Gasteiger partial charge in [-0.15, -0.1) is 0 Å². The van der Waals surface area contributed by atoms with Gasteiger partial charge in [-0.1, -0.05) is 30.3 Å². The highest BCUT2D eigenvalue weighted by molar-refractivity contribution is 5.99. The molecule has 1 fully saturated rings. The Bertz CT molecular complexity index is 564. The summed E-state index contributed by atoms with van der Waals surface area (Å²) in [5.41, 5.74) is 2.15. The van der Waals surface area contributed by atoms with Gasteiger partial charge in [0.1, 0.15) is 6.33 Å². The fraction of sp³-hybridized carbons (Fsp3) is 0.214. The second kappa shape index (κ2) is 4.56. The molecule has 1 amide bonds. The summed E-state index contributed by atoms with van der Waals surface area (Å²) in [6.07, 6.45) is 5.18. The van der Waals surface area contributed by atoms with Crippen molar-refractivity contribution in [1.29, 1.82) is 0 Å². The first-order valence-corrected chi connectivity index (χ1v) is 6.01. The average Bonchev–Trinajstić information content (AvgIpc) is 3.24. The molecule has 1 aliphatic carbocycles. The van der Waals surface area contributed by atoms with E-state index in [-0.39, 0.29) is 5.91 Å². The molecule has 0 bridgehead atoms. The summed E-state index contributed by atoms with van der Waals surface area (Å²) >= 11 is 0. The molecule has 0 aliphatic heterocycles. The maximum absolute atomic E-state index is 12.1. The number of nitrogens with zero attached hydrogens (tertiary/aromatic N) is 2. The Balaban J connectivity index is 1.96. The predicted molar refractivity (Wildman–Crippen MR) is 68.0 cm³/mol. The van der Waals surface area contributed by atoms with Gasteiger partial charge in [0.2, 0.25) is 0 Å². The maximum Gasteiger partial charge on any atom is 0.255 e. The first-order chi connectivity index (χ1) is 8.84. The van der Waals surface area contributed by atoms with E-state index >= 15 is 0 Å². The topological polar surface area (TPSA) is 54.9 Å². The van der Waals surface area contributed by atoms with E-state index in [9.17, 15) is 4.79 Å². The smallest absolute Gasteiger partial charge is 0.255 e. The summed E-state index contributed by atoms with van der Waals surface area (Å²) in [5, 5.41) is 2.96. The van der Waals surface area contributed by atoms with Gasteiger partial charge in [-0.2, -0.15) is 0 Å². The second-order valence-corrected chi connectivity index (χ2v) is 4.40. The van der Waals surface area contributed by atoms with Gasteiger partial charge in [0, 0.05) is 17.8 Å². The number of benzene rings is 1. The second-order valence-electron chi connectivity index (χ2n) is 4.40. The molecule has 1 N–H and O–H groups in total. The van der Waals surface area contributed by atoms with E-state index < -0.39 is 0 Å². The van der Waals surface area contributed by atoms with E-state index in [4.69, 9.17) is 0 Å². The fourth-order valence-corrected chi connectivity index (χ4v) is 1.81. The molecule has 1 aliphatic rings. The highest BCUT2D eigenvalue weighted by atomic mass is 16.1. The molecule has 1 heterocycles. The van der Waals surface area contributed by atoms with Crippen LogP contribution < -0.4 is 5.32 Å². The third-order valence-corrected chi connectivity index (χ3v) is 2.92. The van der Waals surface area contributed by atoms with Gasteiger partial charge in [-0.05, 0) is 12.8 Å². The van der Waals surface area contributed by atoms with Crippen molar-refractivity contribution in [3.05, 3.63) is 48.4 Å². The van der Waals surface area contributed by atoms with E-state index in [1.165, 1.54) is 6.33 Å². The molecule has 0 radical (unpaired) electrons. The van der Waals surface area contributed by atoms with Crippen LogP contribution in [-0.2, 0) is 0 Å². The molecule has 4 nitrogen and oxygen atoms in total. The molecule has 90 valence electrons.